The predicted molar refractivity (Wildman–Crippen MR) is 120 cm³/mol. The lowest BCUT2D eigenvalue weighted by Gasteiger charge is -2.10. The largest absolute Gasteiger partial charge is 0.484 e. The molecule has 152 valence electrons. The molecule has 0 bridgehead atoms. The molecule has 0 saturated carbocycles. The van der Waals surface area contributed by atoms with Crippen molar-refractivity contribution in [3.05, 3.63) is 87.7 Å². The minimum Gasteiger partial charge on any atom is -0.484 e. The fourth-order valence-electron chi connectivity index (χ4n) is 3.55. The van der Waals surface area contributed by atoms with E-state index in [1.54, 1.807) is 0 Å². The van der Waals surface area contributed by atoms with E-state index in [2.05, 4.69) is 10.3 Å². The van der Waals surface area contributed by atoms with E-state index < -0.39 is 0 Å². The molecular formula is C25H24N2O3. The fraction of sp³-hybridized carbons (Fsp3) is 0.200. The molecule has 1 aromatic heterocycles. The Morgan fingerprint density at radius 2 is 1.73 bits per heavy atom. The second kappa shape index (κ2) is 8.41. The van der Waals surface area contributed by atoms with E-state index >= 15 is 0 Å². The number of aryl methyl sites for hydroxylation is 2. The van der Waals surface area contributed by atoms with Crippen LogP contribution in [0.25, 0.3) is 21.7 Å². The topological polar surface area (TPSA) is 71.2 Å². The highest BCUT2D eigenvalue weighted by Gasteiger charge is 2.08. The summed E-state index contributed by atoms with van der Waals surface area (Å²) in [7, 11) is 0. The fourth-order valence-corrected chi connectivity index (χ4v) is 3.55. The van der Waals surface area contributed by atoms with Crippen LogP contribution in [0.15, 0.2) is 65.5 Å². The van der Waals surface area contributed by atoms with Crippen molar-refractivity contribution >= 4 is 27.6 Å². The summed E-state index contributed by atoms with van der Waals surface area (Å²) in [5.41, 5.74) is 3.64. The number of carbonyl (C=O) groups excluding carboxylic acids is 1. The maximum absolute atomic E-state index is 12.4. The molecule has 0 aliphatic carbocycles. The van der Waals surface area contributed by atoms with E-state index in [4.69, 9.17) is 4.74 Å². The van der Waals surface area contributed by atoms with Crippen LogP contribution in [0, 0.1) is 13.8 Å². The zero-order chi connectivity index (χ0) is 21.1. The van der Waals surface area contributed by atoms with E-state index in [1.807, 2.05) is 74.5 Å². The van der Waals surface area contributed by atoms with Crippen LogP contribution in [0.4, 0.5) is 0 Å². The lowest BCUT2D eigenvalue weighted by atomic mass is 10.0. The third-order valence-corrected chi connectivity index (χ3v) is 5.44. The van der Waals surface area contributed by atoms with Gasteiger partial charge in [-0.25, -0.2) is 0 Å². The first kappa shape index (κ1) is 19.7. The Morgan fingerprint density at radius 1 is 0.967 bits per heavy atom. The minimum absolute atomic E-state index is 0.0646. The Kier molecular flexibility index (Phi) is 5.53. The first-order valence-corrected chi connectivity index (χ1v) is 10.0. The predicted octanol–water partition coefficient (Wildman–Crippen LogP) is 4.04. The summed E-state index contributed by atoms with van der Waals surface area (Å²) in [5.74, 6) is 0.437. The molecule has 2 N–H and O–H groups in total. The lowest BCUT2D eigenvalue weighted by Crippen LogP contribution is -2.31. The van der Waals surface area contributed by atoms with Gasteiger partial charge in [0.2, 0.25) is 0 Å². The summed E-state index contributed by atoms with van der Waals surface area (Å²) in [5, 5.41) is 6.01. The van der Waals surface area contributed by atoms with Gasteiger partial charge in [0.25, 0.3) is 11.5 Å². The van der Waals surface area contributed by atoms with Gasteiger partial charge in [-0.2, -0.15) is 0 Å². The highest BCUT2D eigenvalue weighted by molar-refractivity contribution is 5.84. The minimum atomic E-state index is -0.216. The van der Waals surface area contributed by atoms with Crippen LogP contribution in [0.5, 0.6) is 5.75 Å². The van der Waals surface area contributed by atoms with E-state index in [0.717, 1.165) is 32.8 Å². The molecule has 3 aromatic carbocycles. The summed E-state index contributed by atoms with van der Waals surface area (Å²) in [4.78, 5) is 27.5. The van der Waals surface area contributed by atoms with E-state index in [1.165, 1.54) is 0 Å². The van der Waals surface area contributed by atoms with Crippen molar-refractivity contribution in [2.45, 2.75) is 20.3 Å². The Balaban J connectivity index is 1.33. The molecular weight excluding hydrogens is 376 g/mol. The standard InChI is InChI=1S/C25H24N2O3/c1-16-7-8-20-13-21(25(29)27-24(20)17(16)2)11-12-26-23(28)15-30-22-10-9-18-5-3-4-6-19(18)14-22/h3-10,13-14H,11-12,15H2,1-2H3,(H,26,28)(H,27,29). The number of pyridine rings is 1. The van der Waals surface area contributed by atoms with Crippen molar-refractivity contribution in [1.29, 1.82) is 0 Å². The number of hydrogen-bond acceptors (Lipinski definition) is 3. The number of aromatic nitrogens is 1. The lowest BCUT2D eigenvalue weighted by molar-refractivity contribution is -0.123. The van der Waals surface area contributed by atoms with E-state index in [0.29, 0.717) is 24.3 Å². The van der Waals surface area contributed by atoms with Crippen LogP contribution in [-0.2, 0) is 11.2 Å². The molecule has 5 nitrogen and oxygen atoms in total. The molecule has 30 heavy (non-hydrogen) atoms. The summed E-state index contributed by atoms with van der Waals surface area (Å²) in [6.07, 6.45) is 0.458. The average Bonchev–Trinajstić information content (AvgIpc) is 2.76. The average molecular weight is 400 g/mol. The smallest absolute Gasteiger partial charge is 0.257 e. The zero-order valence-corrected chi connectivity index (χ0v) is 17.1. The van der Waals surface area contributed by atoms with Crippen molar-refractivity contribution in [3.63, 3.8) is 0 Å². The Hall–Kier alpha value is -3.60. The van der Waals surface area contributed by atoms with Gasteiger partial charge in [-0.05, 0) is 65.8 Å². The molecule has 0 unspecified atom stereocenters. The number of fused-ring (bicyclic) bond motifs is 2. The summed E-state index contributed by atoms with van der Waals surface area (Å²) in [6, 6.07) is 19.7. The van der Waals surface area contributed by atoms with Crippen molar-refractivity contribution in [3.8, 4) is 5.75 Å². The molecule has 0 atom stereocenters. The highest BCUT2D eigenvalue weighted by atomic mass is 16.5. The highest BCUT2D eigenvalue weighted by Crippen LogP contribution is 2.21. The van der Waals surface area contributed by atoms with Crippen molar-refractivity contribution in [1.82, 2.24) is 10.3 Å². The molecule has 4 rings (SSSR count). The van der Waals surface area contributed by atoms with E-state index in [-0.39, 0.29) is 18.1 Å². The maximum Gasteiger partial charge on any atom is 0.257 e. The van der Waals surface area contributed by atoms with Gasteiger partial charge in [0.1, 0.15) is 5.75 Å². The SMILES string of the molecule is Cc1ccc2cc(CCNC(=O)COc3ccc4ccccc4c3)c(=O)[nH]c2c1C. The number of hydrogen-bond donors (Lipinski definition) is 2. The molecule has 1 heterocycles. The van der Waals surface area contributed by atoms with Gasteiger partial charge in [-0.15, -0.1) is 0 Å². The zero-order valence-electron chi connectivity index (χ0n) is 17.1. The third-order valence-electron chi connectivity index (χ3n) is 5.44. The molecule has 4 aromatic rings. The van der Waals surface area contributed by atoms with Crippen LogP contribution in [0.3, 0.4) is 0 Å². The van der Waals surface area contributed by atoms with Gasteiger partial charge < -0.3 is 15.0 Å². The molecule has 0 spiro atoms. The van der Waals surface area contributed by atoms with Crippen LogP contribution in [0.2, 0.25) is 0 Å². The number of ether oxygens (including phenoxy) is 1. The monoisotopic (exact) mass is 400 g/mol. The number of H-pyrrole nitrogens is 1. The number of nitrogens with one attached hydrogen (secondary N) is 2. The molecule has 0 aliphatic heterocycles. The van der Waals surface area contributed by atoms with Gasteiger partial charge in [0.05, 0.1) is 5.52 Å². The Morgan fingerprint density at radius 3 is 2.57 bits per heavy atom. The molecule has 1 amide bonds. The summed E-state index contributed by atoms with van der Waals surface area (Å²) in [6.45, 7) is 4.34. The Labute approximate surface area is 174 Å². The first-order valence-electron chi connectivity index (χ1n) is 10.0. The second-order valence-electron chi connectivity index (χ2n) is 7.49. The van der Waals surface area contributed by atoms with Gasteiger partial charge in [0.15, 0.2) is 6.61 Å². The van der Waals surface area contributed by atoms with Crippen molar-refractivity contribution < 1.29 is 9.53 Å². The van der Waals surface area contributed by atoms with Gasteiger partial charge in [-0.3, -0.25) is 9.59 Å². The van der Waals surface area contributed by atoms with Crippen LogP contribution in [0.1, 0.15) is 16.7 Å². The van der Waals surface area contributed by atoms with Crippen LogP contribution in [-0.4, -0.2) is 24.0 Å². The quantitative estimate of drug-likeness (QED) is 0.513. The van der Waals surface area contributed by atoms with Crippen molar-refractivity contribution in [2.75, 3.05) is 13.2 Å². The third kappa shape index (κ3) is 4.20. The summed E-state index contributed by atoms with van der Waals surface area (Å²) < 4.78 is 5.60. The second-order valence-corrected chi connectivity index (χ2v) is 7.49. The number of rotatable bonds is 6. The molecule has 0 radical (unpaired) electrons. The summed E-state index contributed by atoms with van der Waals surface area (Å²) >= 11 is 0. The number of benzene rings is 3. The van der Waals surface area contributed by atoms with Gasteiger partial charge in [0, 0.05) is 12.1 Å². The van der Waals surface area contributed by atoms with Gasteiger partial charge in [-0.1, -0.05) is 42.5 Å². The molecule has 0 saturated heterocycles. The normalized spacial score (nSPS) is 11.0. The molecule has 5 heteroatoms. The van der Waals surface area contributed by atoms with E-state index in [9.17, 15) is 9.59 Å². The van der Waals surface area contributed by atoms with Crippen LogP contribution < -0.4 is 15.6 Å². The maximum atomic E-state index is 12.4. The van der Waals surface area contributed by atoms with Gasteiger partial charge >= 0.3 is 0 Å². The Bertz CT molecular complexity index is 1290. The molecule has 0 fully saturated rings. The number of aromatic amines is 1. The number of carbonyl (C=O) groups is 1. The first-order chi connectivity index (χ1) is 14.5. The van der Waals surface area contributed by atoms with Crippen molar-refractivity contribution in [2.24, 2.45) is 0 Å². The molecule has 0 aliphatic rings. The van der Waals surface area contributed by atoms with Crippen LogP contribution >= 0.6 is 0 Å². The number of amides is 1.